The van der Waals surface area contributed by atoms with Crippen molar-refractivity contribution < 1.29 is 32.2 Å². The molecule has 168 valence electrons. The fourth-order valence-electron chi connectivity index (χ4n) is 3.19. The molecule has 0 saturated carbocycles. The second-order valence-corrected chi connectivity index (χ2v) is 8.48. The van der Waals surface area contributed by atoms with Gasteiger partial charge in [-0.1, -0.05) is 25.3 Å². The van der Waals surface area contributed by atoms with E-state index in [9.17, 15) is 22.8 Å². The number of hydrogen-bond donors (Lipinski definition) is 0. The van der Waals surface area contributed by atoms with Crippen molar-refractivity contribution in [3.8, 4) is 5.75 Å². The Morgan fingerprint density at radius 2 is 1.66 bits per heavy atom. The van der Waals surface area contributed by atoms with E-state index in [0.29, 0.717) is 15.5 Å². The van der Waals surface area contributed by atoms with Crippen LogP contribution in [-0.2, 0) is 26.9 Å². The van der Waals surface area contributed by atoms with Gasteiger partial charge in [0, 0.05) is 31.3 Å². The summed E-state index contributed by atoms with van der Waals surface area (Å²) < 4.78 is 52.9. The van der Waals surface area contributed by atoms with Crippen LogP contribution in [0.4, 0.5) is 13.2 Å². The third-order valence-electron chi connectivity index (χ3n) is 4.71. The highest BCUT2D eigenvalue weighted by Crippen LogP contribution is 2.45. The van der Waals surface area contributed by atoms with Gasteiger partial charge in [0.15, 0.2) is 0 Å². The third kappa shape index (κ3) is 5.02. The molecule has 0 amide bonds. The van der Waals surface area contributed by atoms with E-state index in [0.717, 1.165) is 11.3 Å². The fraction of sp³-hybridized carbons (Fsp3) is 0.250. The van der Waals surface area contributed by atoms with E-state index in [2.05, 4.69) is 13.2 Å². The van der Waals surface area contributed by atoms with Gasteiger partial charge in [0.25, 0.3) is 0 Å². The monoisotopic (exact) mass is 462 g/mol. The predicted molar refractivity (Wildman–Crippen MR) is 119 cm³/mol. The maximum absolute atomic E-state index is 14.0. The number of esters is 2. The van der Waals surface area contributed by atoms with E-state index >= 15 is 0 Å². The number of halogens is 3. The van der Waals surface area contributed by atoms with E-state index < -0.39 is 23.7 Å². The molecule has 32 heavy (non-hydrogen) atoms. The number of fused-ring (bicyclic) bond motifs is 3. The average molecular weight is 462 g/mol. The first-order chi connectivity index (χ1) is 15.0. The molecule has 0 unspecified atom stereocenters. The summed E-state index contributed by atoms with van der Waals surface area (Å²) in [6.07, 6.45) is -4.21. The molecule has 3 rings (SSSR count). The van der Waals surface area contributed by atoms with Gasteiger partial charge in [0.1, 0.15) is 5.75 Å². The lowest BCUT2D eigenvalue weighted by molar-refractivity contribution is -0.139. The van der Waals surface area contributed by atoms with Crippen molar-refractivity contribution in [1.82, 2.24) is 0 Å². The molecule has 0 saturated heterocycles. The molecule has 3 aromatic rings. The SMILES string of the molecule is C=C(C)C(=O)OCCCc1ccc2c(sc3cc(OC(=O)C(=C)C)ccc32)c1C(F)(F)F. The summed E-state index contributed by atoms with van der Waals surface area (Å²) in [5, 5.41) is 1.13. The molecular weight excluding hydrogens is 441 g/mol. The molecule has 0 N–H and O–H groups in total. The predicted octanol–water partition coefficient (Wildman–Crippen LogP) is 6.61. The highest BCUT2D eigenvalue weighted by Gasteiger charge is 2.36. The first-order valence-electron chi connectivity index (χ1n) is 9.74. The fourth-order valence-corrected chi connectivity index (χ4v) is 4.51. The summed E-state index contributed by atoms with van der Waals surface area (Å²) >= 11 is 0.996. The van der Waals surface area contributed by atoms with Crippen LogP contribution >= 0.6 is 11.3 Å². The number of alkyl halides is 3. The van der Waals surface area contributed by atoms with Gasteiger partial charge in [0.2, 0.25) is 0 Å². The molecule has 0 aliphatic heterocycles. The molecule has 0 bridgehead atoms. The Hall–Kier alpha value is -3.13. The molecule has 4 nitrogen and oxygen atoms in total. The zero-order valence-corrected chi connectivity index (χ0v) is 18.4. The molecule has 0 atom stereocenters. The largest absolute Gasteiger partial charge is 0.462 e. The van der Waals surface area contributed by atoms with Crippen LogP contribution in [0.3, 0.4) is 0 Å². The Labute approximate surface area is 186 Å². The Morgan fingerprint density at radius 1 is 1.00 bits per heavy atom. The lowest BCUT2D eigenvalue weighted by Gasteiger charge is -2.14. The van der Waals surface area contributed by atoms with Crippen molar-refractivity contribution in [2.75, 3.05) is 6.61 Å². The van der Waals surface area contributed by atoms with Crippen LogP contribution in [0.2, 0.25) is 0 Å². The van der Waals surface area contributed by atoms with E-state index in [4.69, 9.17) is 9.47 Å². The van der Waals surface area contributed by atoms with Gasteiger partial charge in [-0.2, -0.15) is 13.2 Å². The van der Waals surface area contributed by atoms with Crippen molar-refractivity contribution in [1.29, 1.82) is 0 Å². The number of thiophene rings is 1. The standard InChI is InChI=1S/C24H21F3O4S/c1-13(2)22(28)30-11-5-6-15-7-9-18-17-10-8-16(31-23(29)14(3)4)12-19(17)32-21(18)20(15)24(25,26)27/h7-10,12H,1,3,5-6,11H2,2,4H3. The molecule has 1 heterocycles. The smallest absolute Gasteiger partial charge is 0.418 e. The van der Waals surface area contributed by atoms with Gasteiger partial charge in [0.05, 0.1) is 12.2 Å². The highest BCUT2D eigenvalue weighted by atomic mass is 32.1. The average Bonchev–Trinajstić information content (AvgIpc) is 3.06. The number of ether oxygens (including phenoxy) is 2. The van der Waals surface area contributed by atoms with Gasteiger partial charge in [-0.3, -0.25) is 0 Å². The summed E-state index contributed by atoms with van der Waals surface area (Å²) in [7, 11) is 0. The first kappa shape index (κ1) is 23.5. The molecule has 0 fully saturated rings. The zero-order chi connectivity index (χ0) is 23.6. The van der Waals surface area contributed by atoms with Crippen molar-refractivity contribution >= 4 is 43.4 Å². The van der Waals surface area contributed by atoms with Crippen LogP contribution in [0.5, 0.6) is 5.75 Å². The number of carbonyl (C=O) groups is 2. The minimum atomic E-state index is -4.56. The van der Waals surface area contributed by atoms with E-state index in [1.54, 1.807) is 24.3 Å². The Morgan fingerprint density at radius 3 is 2.28 bits per heavy atom. The third-order valence-corrected chi connectivity index (χ3v) is 5.90. The minimum absolute atomic E-state index is 0.00485. The molecule has 8 heteroatoms. The Bertz CT molecular complexity index is 1240. The summed E-state index contributed by atoms with van der Waals surface area (Å²) in [6, 6.07) is 7.88. The van der Waals surface area contributed by atoms with Crippen molar-refractivity contribution in [3.05, 3.63) is 65.8 Å². The molecule has 0 radical (unpaired) electrons. The maximum Gasteiger partial charge on any atom is 0.418 e. The topological polar surface area (TPSA) is 52.6 Å². The lowest BCUT2D eigenvalue weighted by Crippen LogP contribution is -2.11. The van der Waals surface area contributed by atoms with E-state index in [1.165, 1.54) is 19.9 Å². The summed E-state index contributed by atoms with van der Waals surface area (Å²) in [5.74, 6) is -0.926. The van der Waals surface area contributed by atoms with Crippen LogP contribution in [0, 0.1) is 0 Å². The normalized spacial score (nSPS) is 11.5. The second kappa shape index (κ2) is 9.16. The Balaban J connectivity index is 1.96. The number of carbonyl (C=O) groups excluding carboxylic acids is 2. The summed E-state index contributed by atoms with van der Waals surface area (Å²) in [4.78, 5) is 23.2. The number of rotatable bonds is 7. The molecule has 0 aliphatic rings. The van der Waals surface area contributed by atoms with Crippen LogP contribution in [0.15, 0.2) is 54.6 Å². The van der Waals surface area contributed by atoms with Gasteiger partial charge >= 0.3 is 18.1 Å². The van der Waals surface area contributed by atoms with Crippen LogP contribution in [0.1, 0.15) is 31.4 Å². The van der Waals surface area contributed by atoms with Crippen LogP contribution < -0.4 is 4.74 Å². The summed E-state index contributed by atoms with van der Waals surface area (Å²) in [5.41, 5.74) is -0.0971. The molecular formula is C24H21F3O4S. The van der Waals surface area contributed by atoms with E-state index in [-0.39, 0.29) is 46.6 Å². The van der Waals surface area contributed by atoms with Gasteiger partial charge < -0.3 is 9.47 Å². The number of aryl methyl sites for hydroxylation is 1. The second-order valence-electron chi connectivity index (χ2n) is 7.42. The first-order valence-corrected chi connectivity index (χ1v) is 10.6. The maximum atomic E-state index is 14.0. The number of benzene rings is 2. The molecule has 1 aromatic heterocycles. The van der Waals surface area contributed by atoms with Crippen LogP contribution in [0.25, 0.3) is 20.2 Å². The minimum Gasteiger partial charge on any atom is -0.462 e. The number of hydrogen-bond acceptors (Lipinski definition) is 5. The lowest BCUT2D eigenvalue weighted by atomic mass is 9.99. The van der Waals surface area contributed by atoms with E-state index in [1.807, 2.05) is 0 Å². The van der Waals surface area contributed by atoms with Gasteiger partial charge in [-0.25, -0.2) is 9.59 Å². The zero-order valence-electron chi connectivity index (χ0n) is 17.6. The Kier molecular flexibility index (Phi) is 6.74. The quantitative estimate of drug-likeness (QED) is 0.172. The van der Waals surface area contributed by atoms with Crippen molar-refractivity contribution in [2.24, 2.45) is 0 Å². The molecule has 2 aromatic carbocycles. The van der Waals surface area contributed by atoms with Crippen LogP contribution in [-0.4, -0.2) is 18.5 Å². The molecule has 0 aliphatic carbocycles. The summed E-state index contributed by atoms with van der Waals surface area (Å²) in [6.45, 7) is 10.0. The van der Waals surface area contributed by atoms with Crippen molar-refractivity contribution in [2.45, 2.75) is 32.9 Å². The molecule has 0 spiro atoms. The highest BCUT2D eigenvalue weighted by molar-refractivity contribution is 7.26. The van der Waals surface area contributed by atoms with Crippen molar-refractivity contribution in [3.63, 3.8) is 0 Å². The van der Waals surface area contributed by atoms with Gasteiger partial charge in [-0.05, 0) is 50.5 Å². The van der Waals surface area contributed by atoms with Gasteiger partial charge in [-0.15, -0.1) is 11.3 Å².